The number of hydrogen-bond donors (Lipinski definition) is 1. The molecule has 0 aliphatic heterocycles. The first kappa shape index (κ1) is 17.1. The molecule has 0 saturated carbocycles. The molecule has 20 heavy (non-hydrogen) atoms. The molecule has 0 aliphatic rings. The Bertz CT molecular complexity index is 416. The molecule has 1 N–H and O–H groups in total. The monoisotopic (exact) mass is 397 g/mol. The molecule has 0 spiro atoms. The quantitative estimate of drug-likeness (QED) is 0.389. The Labute approximate surface area is 131 Å². The van der Waals surface area contributed by atoms with E-state index in [1.807, 2.05) is 0 Å². The number of carbonyl (C=O) groups excluding carboxylic acids is 1. The number of halogens is 3. The van der Waals surface area contributed by atoms with Crippen molar-refractivity contribution >= 4 is 28.5 Å². The van der Waals surface area contributed by atoms with Crippen LogP contribution in [0.15, 0.2) is 24.3 Å². The summed E-state index contributed by atoms with van der Waals surface area (Å²) in [4.78, 5) is 11.9. The van der Waals surface area contributed by atoms with Gasteiger partial charge in [-0.3, -0.25) is 4.79 Å². The second-order valence-corrected chi connectivity index (χ2v) is 5.31. The van der Waals surface area contributed by atoms with E-state index in [0.717, 1.165) is 23.7 Å². The first-order valence-electron chi connectivity index (χ1n) is 6.53. The summed E-state index contributed by atoms with van der Waals surface area (Å²) in [6.45, 7) is -2.39. The minimum Gasteiger partial charge on any atom is -0.434 e. The van der Waals surface area contributed by atoms with Gasteiger partial charge < -0.3 is 10.1 Å². The molecule has 0 atom stereocenters. The largest absolute Gasteiger partial charge is 0.434 e. The fourth-order valence-electron chi connectivity index (χ4n) is 1.72. The lowest BCUT2D eigenvalue weighted by atomic mass is 10.1. The van der Waals surface area contributed by atoms with Gasteiger partial charge in [0, 0.05) is 6.54 Å². The average Bonchev–Trinajstić information content (AvgIpc) is 2.42. The smallest absolute Gasteiger partial charge is 0.387 e. The van der Waals surface area contributed by atoms with E-state index in [4.69, 9.17) is 0 Å². The van der Waals surface area contributed by atoms with E-state index in [2.05, 4.69) is 32.6 Å². The van der Waals surface area contributed by atoms with Crippen LogP contribution in [0.4, 0.5) is 8.78 Å². The molecule has 3 nitrogen and oxygen atoms in total. The number of rotatable bonds is 9. The lowest BCUT2D eigenvalue weighted by Crippen LogP contribution is -2.25. The van der Waals surface area contributed by atoms with Gasteiger partial charge >= 0.3 is 6.61 Å². The lowest BCUT2D eigenvalue weighted by Gasteiger charge is -2.10. The summed E-state index contributed by atoms with van der Waals surface area (Å²) in [5.74, 6) is -0.472. The van der Waals surface area contributed by atoms with E-state index in [1.165, 1.54) is 18.6 Å². The van der Waals surface area contributed by atoms with E-state index in [0.29, 0.717) is 6.54 Å². The molecule has 1 aromatic rings. The van der Waals surface area contributed by atoms with Crippen molar-refractivity contribution in [3.8, 4) is 5.75 Å². The molecule has 0 unspecified atom stereocenters. The highest BCUT2D eigenvalue weighted by atomic mass is 127. The summed E-state index contributed by atoms with van der Waals surface area (Å²) in [5.41, 5.74) is 0.139. The van der Waals surface area contributed by atoms with Crippen LogP contribution in [0.5, 0.6) is 5.75 Å². The van der Waals surface area contributed by atoms with E-state index in [1.54, 1.807) is 12.1 Å². The third-order valence-electron chi connectivity index (χ3n) is 2.69. The Morgan fingerprint density at radius 3 is 2.60 bits per heavy atom. The van der Waals surface area contributed by atoms with E-state index >= 15 is 0 Å². The molecule has 112 valence electrons. The van der Waals surface area contributed by atoms with Gasteiger partial charge in [0.05, 0.1) is 5.56 Å². The van der Waals surface area contributed by atoms with Crippen LogP contribution in [0.3, 0.4) is 0 Å². The highest BCUT2D eigenvalue weighted by Crippen LogP contribution is 2.20. The molecule has 0 saturated heterocycles. The Morgan fingerprint density at radius 2 is 1.90 bits per heavy atom. The predicted octanol–water partition coefficient (Wildman–Crippen LogP) is 4.01. The zero-order chi connectivity index (χ0) is 14.8. The molecule has 1 amide bonds. The molecular formula is C14H18F2INO2. The molecule has 1 rings (SSSR count). The molecule has 6 heteroatoms. The fourth-order valence-corrected chi connectivity index (χ4v) is 2.26. The van der Waals surface area contributed by atoms with Gasteiger partial charge in [0.25, 0.3) is 5.91 Å². The van der Waals surface area contributed by atoms with Crippen LogP contribution >= 0.6 is 22.6 Å². The van der Waals surface area contributed by atoms with Gasteiger partial charge in [-0.1, -0.05) is 47.6 Å². The summed E-state index contributed by atoms with van der Waals surface area (Å²) in [6.07, 6.45) is 4.27. The van der Waals surface area contributed by atoms with E-state index in [9.17, 15) is 13.6 Å². The molecule has 0 fully saturated rings. The molecule has 0 bridgehead atoms. The molecule has 0 aliphatic carbocycles. The summed E-state index contributed by atoms with van der Waals surface area (Å²) < 4.78 is 29.9. The number of para-hydroxylation sites is 1. The fraction of sp³-hybridized carbons (Fsp3) is 0.500. The Kier molecular flexibility index (Phi) is 8.48. The van der Waals surface area contributed by atoms with Gasteiger partial charge in [0.2, 0.25) is 0 Å². The zero-order valence-electron chi connectivity index (χ0n) is 11.1. The molecule has 1 aromatic carbocycles. The van der Waals surface area contributed by atoms with E-state index in [-0.39, 0.29) is 17.2 Å². The van der Waals surface area contributed by atoms with E-state index < -0.39 is 6.61 Å². The van der Waals surface area contributed by atoms with Crippen LogP contribution in [-0.2, 0) is 0 Å². The van der Waals surface area contributed by atoms with Crippen LogP contribution in [0, 0.1) is 0 Å². The lowest BCUT2D eigenvalue weighted by molar-refractivity contribution is -0.0501. The van der Waals surface area contributed by atoms with Gasteiger partial charge in [-0.15, -0.1) is 0 Å². The highest BCUT2D eigenvalue weighted by molar-refractivity contribution is 14.1. The minimum atomic E-state index is -2.93. The number of ether oxygens (including phenoxy) is 1. The first-order chi connectivity index (χ1) is 9.65. The van der Waals surface area contributed by atoms with Crippen molar-refractivity contribution in [1.82, 2.24) is 5.32 Å². The standard InChI is InChI=1S/C14H18F2INO2/c15-14(16)20-12-8-4-3-7-11(12)13(19)18-10-6-2-1-5-9-17/h3-4,7-8,14H,1-2,5-6,9-10H2,(H,18,19). The normalized spacial score (nSPS) is 10.6. The average molecular weight is 397 g/mol. The molecule has 0 radical (unpaired) electrons. The van der Waals surface area contributed by atoms with Crippen molar-refractivity contribution in [1.29, 1.82) is 0 Å². The van der Waals surface area contributed by atoms with Crippen LogP contribution in [-0.4, -0.2) is 23.5 Å². The van der Waals surface area contributed by atoms with Crippen LogP contribution < -0.4 is 10.1 Å². The minimum absolute atomic E-state index is 0.0927. The number of benzene rings is 1. The van der Waals surface area contributed by atoms with Crippen molar-refractivity contribution < 1.29 is 18.3 Å². The van der Waals surface area contributed by atoms with Gasteiger partial charge in [-0.05, 0) is 29.4 Å². The van der Waals surface area contributed by atoms with Gasteiger partial charge in [0.15, 0.2) is 0 Å². The number of unbranched alkanes of at least 4 members (excludes halogenated alkanes) is 3. The summed E-state index contributed by atoms with van der Waals surface area (Å²) in [5, 5.41) is 2.72. The second-order valence-electron chi connectivity index (χ2n) is 4.23. The maximum Gasteiger partial charge on any atom is 0.387 e. The maximum atomic E-state index is 12.2. The summed E-state index contributed by atoms with van der Waals surface area (Å²) >= 11 is 2.33. The highest BCUT2D eigenvalue weighted by Gasteiger charge is 2.14. The Hall–Kier alpha value is -0.920. The number of hydrogen-bond acceptors (Lipinski definition) is 2. The van der Waals surface area contributed by atoms with Crippen molar-refractivity contribution in [3.63, 3.8) is 0 Å². The summed E-state index contributed by atoms with van der Waals surface area (Å²) in [6, 6.07) is 6.01. The number of amides is 1. The van der Waals surface area contributed by atoms with Crippen molar-refractivity contribution in [3.05, 3.63) is 29.8 Å². The predicted molar refractivity (Wildman–Crippen MR) is 82.8 cm³/mol. The number of alkyl halides is 3. The van der Waals surface area contributed by atoms with Gasteiger partial charge in [0.1, 0.15) is 5.75 Å². The number of carbonyl (C=O) groups is 1. The molecular weight excluding hydrogens is 379 g/mol. The third-order valence-corrected chi connectivity index (χ3v) is 3.46. The Balaban J connectivity index is 2.43. The SMILES string of the molecule is O=C(NCCCCCCI)c1ccccc1OC(F)F. The third kappa shape index (κ3) is 6.49. The second kappa shape index (κ2) is 9.90. The van der Waals surface area contributed by atoms with Crippen molar-refractivity contribution in [2.75, 3.05) is 11.0 Å². The van der Waals surface area contributed by atoms with Crippen LogP contribution in [0.2, 0.25) is 0 Å². The number of nitrogens with one attached hydrogen (secondary N) is 1. The molecule has 0 aromatic heterocycles. The van der Waals surface area contributed by atoms with Crippen LogP contribution in [0.1, 0.15) is 36.0 Å². The molecule has 0 heterocycles. The summed E-state index contributed by atoms with van der Waals surface area (Å²) in [7, 11) is 0. The first-order valence-corrected chi connectivity index (χ1v) is 8.05. The van der Waals surface area contributed by atoms with Crippen LogP contribution in [0.25, 0.3) is 0 Å². The Morgan fingerprint density at radius 1 is 1.20 bits per heavy atom. The van der Waals surface area contributed by atoms with Gasteiger partial charge in [-0.25, -0.2) is 0 Å². The zero-order valence-corrected chi connectivity index (χ0v) is 13.2. The van der Waals surface area contributed by atoms with Gasteiger partial charge in [-0.2, -0.15) is 8.78 Å². The maximum absolute atomic E-state index is 12.2. The topological polar surface area (TPSA) is 38.3 Å². The van der Waals surface area contributed by atoms with Crippen molar-refractivity contribution in [2.45, 2.75) is 32.3 Å². The van der Waals surface area contributed by atoms with Crippen molar-refractivity contribution in [2.24, 2.45) is 0 Å².